The molecule has 0 heterocycles. The quantitative estimate of drug-likeness (QED) is 0.745. The van der Waals surface area contributed by atoms with Crippen molar-refractivity contribution in [3.63, 3.8) is 0 Å². The molecule has 116 valence electrons. The van der Waals surface area contributed by atoms with Crippen LogP contribution in [0.5, 0.6) is 0 Å². The van der Waals surface area contributed by atoms with E-state index in [0.29, 0.717) is 0 Å². The number of ether oxygens (including phenoxy) is 1. The van der Waals surface area contributed by atoms with Gasteiger partial charge in [0.2, 0.25) is 0 Å². The zero-order valence-electron chi connectivity index (χ0n) is 11.2. The number of amides is 1. The fraction of sp³-hybridized carbons (Fsp3) is 0.727. The minimum absolute atomic E-state index is 0.424. The molecule has 0 radical (unpaired) electrons. The van der Waals surface area contributed by atoms with Crippen molar-refractivity contribution in [1.82, 2.24) is 5.32 Å². The lowest BCUT2D eigenvalue weighted by molar-refractivity contribution is -0.175. The number of aliphatic carboxylic acids is 1. The third-order valence-electron chi connectivity index (χ3n) is 1.92. The highest BCUT2D eigenvalue weighted by atomic mass is 19.4. The van der Waals surface area contributed by atoms with Crippen molar-refractivity contribution in [3.05, 3.63) is 0 Å². The van der Waals surface area contributed by atoms with Crippen molar-refractivity contribution < 1.29 is 37.4 Å². The lowest BCUT2D eigenvalue weighted by Gasteiger charge is -2.20. The van der Waals surface area contributed by atoms with Crippen molar-refractivity contribution in [3.8, 4) is 0 Å². The maximum atomic E-state index is 12.0. The van der Waals surface area contributed by atoms with Gasteiger partial charge in [0.05, 0.1) is 0 Å². The maximum absolute atomic E-state index is 12.0. The van der Waals surface area contributed by atoms with Crippen molar-refractivity contribution >= 4 is 17.8 Å². The number of hydrogen-bond acceptors (Lipinski definition) is 4. The Morgan fingerprint density at radius 2 is 1.70 bits per heavy atom. The topological polar surface area (TPSA) is 92.7 Å². The van der Waals surface area contributed by atoms with Crippen molar-refractivity contribution in [1.29, 1.82) is 0 Å². The van der Waals surface area contributed by atoms with Gasteiger partial charge in [-0.05, 0) is 27.2 Å². The van der Waals surface area contributed by atoms with Crippen LogP contribution in [0.4, 0.5) is 13.2 Å². The third-order valence-corrected chi connectivity index (χ3v) is 1.92. The first kappa shape index (κ1) is 18.2. The van der Waals surface area contributed by atoms with Gasteiger partial charge in [-0.3, -0.25) is 9.59 Å². The van der Waals surface area contributed by atoms with Gasteiger partial charge >= 0.3 is 24.0 Å². The number of carboxylic acids is 1. The van der Waals surface area contributed by atoms with E-state index >= 15 is 0 Å². The SMILES string of the molecule is CC(C)(C)OC(=O)CC[C@@H](NC(=O)C(F)(F)F)C(=O)O. The molecule has 1 amide bonds. The molecule has 0 aliphatic carbocycles. The molecule has 0 rings (SSSR count). The highest BCUT2D eigenvalue weighted by Gasteiger charge is 2.40. The Morgan fingerprint density at radius 3 is 2.05 bits per heavy atom. The van der Waals surface area contributed by atoms with Gasteiger partial charge in [0, 0.05) is 6.42 Å². The molecular weight excluding hydrogens is 283 g/mol. The van der Waals surface area contributed by atoms with Crippen LogP contribution in [0, 0.1) is 0 Å². The van der Waals surface area contributed by atoms with Crippen molar-refractivity contribution in [2.75, 3.05) is 0 Å². The molecule has 0 fully saturated rings. The monoisotopic (exact) mass is 299 g/mol. The fourth-order valence-electron chi connectivity index (χ4n) is 1.15. The Morgan fingerprint density at radius 1 is 1.20 bits per heavy atom. The van der Waals surface area contributed by atoms with Gasteiger partial charge in [0.1, 0.15) is 11.6 Å². The summed E-state index contributed by atoms with van der Waals surface area (Å²) in [4.78, 5) is 32.7. The average Bonchev–Trinajstić information content (AvgIpc) is 2.19. The Kier molecular flexibility index (Phi) is 5.98. The molecule has 0 saturated heterocycles. The Bertz CT molecular complexity index is 387. The fourth-order valence-corrected chi connectivity index (χ4v) is 1.15. The number of carbonyl (C=O) groups is 3. The van der Waals surface area contributed by atoms with Crippen molar-refractivity contribution in [2.24, 2.45) is 0 Å². The van der Waals surface area contributed by atoms with E-state index in [9.17, 15) is 27.6 Å². The van der Waals surface area contributed by atoms with Crippen LogP contribution in [0.2, 0.25) is 0 Å². The second-order valence-corrected chi connectivity index (χ2v) is 4.99. The first-order valence-corrected chi connectivity index (χ1v) is 5.65. The van der Waals surface area contributed by atoms with Gasteiger partial charge in [-0.15, -0.1) is 0 Å². The van der Waals surface area contributed by atoms with E-state index in [1.807, 2.05) is 0 Å². The largest absolute Gasteiger partial charge is 0.480 e. The highest BCUT2D eigenvalue weighted by Crippen LogP contribution is 2.15. The van der Waals surface area contributed by atoms with Crippen molar-refractivity contribution in [2.45, 2.75) is 51.4 Å². The second-order valence-electron chi connectivity index (χ2n) is 4.99. The number of carbonyl (C=O) groups excluding carboxylic acids is 2. The lowest BCUT2D eigenvalue weighted by Crippen LogP contribution is -2.47. The summed E-state index contributed by atoms with van der Waals surface area (Å²) in [7, 11) is 0. The molecule has 0 aromatic heterocycles. The summed E-state index contributed by atoms with van der Waals surface area (Å²) in [6, 6.07) is -1.81. The predicted octanol–water partition coefficient (Wildman–Crippen LogP) is 1.24. The van der Waals surface area contributed by atoms with Crippen LogP contribution in [0.3, 0.4) is 0 Å². The summed E-state index contributed by atoms with van der Waals surface area (Å²) in [5, 5.41) is 10.0. The summed E-state index contributed by atoms with van der Waals surface area (Å²) in [5.41, 5.74) is -0.787. The molecule has 0 unspecified atom stereocenters. The number of esters is 1. The number of carboxylic acid groups (broad SMARTS) is 1. The third kappa shape index (κ3) is 7.59. The van der Waals surface area contributed by atoms with Gasteiger partial charge in [-0.25, -0.2) is 4.79 Å². The van der Waals surface area contributed by atoms with Crippen LogP contribution < -0.4 is 5.32 Å². The molecule has 0 aliphatic heterocycles. The van der Waals surface area contributed by atoms with E-state index < -0.39 is 48.5 Å². The van der Waals surface area contributed by atoms with E-state index in [2.05, 4.69) is 0 Å². The maximum Gasteiger partial charge on any atom is 0.471 e. The summed E-state index contributed by atoms with van der Waals surface area (Å²) < 4.78 is 40.9. The van der Waals surface area contributed by atoms with Gasteiger partial charge in [-0.1, -0.05) is 0 Å². The van der Waals surface area contributed by atoms with E-state index in [0.717, 1.165) is 0 Å². The molecule has 6 nitrogen and oxygen atoms in total. The van der Waals surface area contributed by atoms with E-state index in [4.69, 9.17) is 9.84 Å². The molecule has 0 bridgehead atoms. The smallest absolute Gasteiger partial charge is 0.471 e. The molecular formula is C11H16F3NO5. The van der Waals surface area contributed by atoms with Gasteiger partial charge < -0.3 is 15.2 Å². The Labute approximate surface area is 113 Å². The van der Waals surface area contributed by atoms with Gasteiger partial charge in [0.15, 0.2) is 0 Å². The number of rotatable bonds is 5. The van der Waals surface area contributed by atoms with Crippen LogP contribution in [0.25, 0.3) is 0 Å². The minimum Gasteiger partial charge on any atom is -0.480 e. The first-order valence-electron chi connectivity index (χ1n) is 5.65. The first-order chi connectivity index (χ1) is 8.83. The molecule has 0 saturated carbocycles. The summed E-state index contributed by atoms with van der Waals surface area (Å²) in [6.07, 6.45) is -6.10. The van der Waals surface area contributed by atoms with E-state index in [1.165, 1.54) is 5.32 Å². The van der Waals surface area contributed by atoms with Crippen LogP contribution in [0.15, 0.2) is 0 Å². The molecule has 0 aromatic carbocycles. The molecule has 9 heteroatoms. The lowest BCUT2D eigenvalue weighted by atomic mass is 10.1. The normalized spacial score (nSPS) is 13.5. The highest BCUT2D eigenvalue weighted by molar-refractivity contribution is 5.87. The van der Waals surface area contributed by atoms with Crippen LogP contribution in [0.1, 0.15) is 33.6 Å². The van der Waals surface area contributed by atoms with Crippen LogP contribution >= 0.6 is 0 Å². The molecule has 2 N–H and O–H groups in total. The molecule has 0 spiro atoms. The Balaban J connectivity index is 4.48. The molecule has 0 aliphatic rings. The molecule has 0 aromatic rings. The zero-order valence-corrected chi connectivity index (χ0v) is 11.2. The molecule has 20 heavy (non-hydrogen) atoms. The van der Waals surface area contributed by atoms with Gasteiger partial charge in [-0.2, -0.15) is 13.2 Å². The van der Waals surface area contributed by atoms with E-state index in [1.54, 1.807) is 20.8 Å². The van der Waals surface area contributed by atoms with Crippen LogP contribution in [-0.4, -0.2) is 40.8 Å². The molecule has 1 atom stereocenters. The number of alkyl halides is 3. The second kappa shape index (κ2) is 6.58. The minimum atomic E-state index is -5.18. The van der Waals surface area contributed by atoms with Crippen LogP contribution in [-0.2, 0) is 19.1 Å². The number of nitrogens with one attached hydrogen (secondary N) is 1. The van der Waals surface area contributed by atoms with E-state index in [-0.39, 0.29) is 0 Å². The summed E-state index contributed by atoms with van der Waals surface area (Å²) in [6.45, 7) is 4.76. The standard InChI is InChI=1S/C11H16F3NO5/c1-10(2,3)20-7(16)5-4-6(8(17)18)15-9(19)11(12,13)14/h6H,4-5H2,1-3H3,(H,15,19)(H,17,18)/t6-/m1/s1. The number of hydrogen-bond donors (Lipinski definition) is 2. The zero-order chi connectivity index (χ0) is 16.1. The van der Waals surface area contributed by atoms with Gasteiger partial charge in [0.25, 0.3) is 0 Å². The summed E-state index contributed by atoms with van der Waals surface area (Å²) in [5.74, 6) is -4.79. The summed E-state index contributed by atoms with van der Waals surface area (Å²) >= 11 is 0. The predicted molar refractivity (Wildman–Crippen MR) is 60.7 cm³/mol. The Hall–Kier alpha value is -1.80. The number of halogens is 3. The average molecular weight is 299 g/mol.